The van der Waals surface area contributed by atoms with Crippen LogP contribution < -0.4 is 4.90 Å². The van der Waals surface area contributed by atoms with Crippen LogP contribution in [0.3, 0.4) is 0 Å². The summed E-state index contributed by atoms with van der Waals surface area (Å²) in [6.45, 7) is 0.293. The first-order valence-corrected chi connectivity index (χ1v) is 8.88. The van der Waals surface area contributed by atoms with Crippen molar-refractivity contribution in [1.29, 1.82) is 0 Å². The Morgan fingerprint density at radius 3 is 2.04 bits per heavy atom. The van der Waals surface area contributed by atoms with Crippen LogP contribution in [0.4, 0.5) is 15.8 Å². The molecule has 0 heterocycles. The molecule has 0 aliphatic carbocycles. The third-order valence-corrected chi connectivity index (χ3v) is 4.96. The summed E-state index contributed by atoms with van der Waals surface area (Å²) in [4.78, 5) is 13.0. The Morgan fingerprint density at radius 2 is 1.58 bits per heavy atom. The number of non-ortho nitro benzene ring substituents is 1. The number of benzene rings is 2. The molecule has 0 aromatic heterocycles. The maximum atomic E-state index is 12.6. The van der Waals surface area contributed by atoms with Crippen LogP contribution in [-0.4, -0.2) is 34.8 Å². The number of hydrogen-bond donors (Lipinski definition) is 0. The third kappa shape index (κ3) is 4.52. The summed E-state index contributed by atoms with van der Waals surface area (Å²) in [5.41, 5.74) is 0.756. The molecule has 0 saturated heterocycles. The highest BCUT2D eigenvalue weighted by Gasteiger charge is 2.11. The van der Waals surface area contributed by atoms with E-state index in [-0.39, 0.29) is 12.2 Å². The standard InChI is InChI=1S/C16H16ClFN2O3S/c17-9-11-19(12-10-18)13-1-5-15(6-2-13)24(23)16-7-3-14(4-8-16)20(21)22/h1-8H,9-12H2/i18-1. The minimum Gasteiger partial charge on any atom is -0.368 e. The number of nitrogens with zero attached hydrogens (tertiary/aromatic N) is 2. The van der Waals surface area contributed by atoms with Crippen LogP contribution in [0.15, 0.2) is 58.3 Å². The van der Waals surface area contributed by atoms with Gasteiger partial charge in [0, 0.05) is 46.6 Å². The van der Waals surface area contributed by atoms with Gasteiger partial charge in [-0.25, -0.2) is 8.60 Å². The molecule has 1 atom stereocenters. The molecular formula is C16H16ClFN2O3S. The first-order valence-electron chi connectivity index (χ1n) is 7.20. The number of rotatable bonds is 8. The summed E-state index contributed by atoms with van der Waals surface area (Å²) in [6.07, 6.45) is 0. The van der Waals surface area contributed by atoms with Crippen molar-refractivity contribution in [2.45, 2.75) is 9.79 Å². The molecule has 2 aromatic rings. The summed E-state index contributed by atoms with van der Waals surface area (Å²) < 4.78 is 25.1. The second-order valence-corrected chi connectivity index (χ2v) is 6.74. The molecule has 128 valence electrons. The number of nitro groups is 1. The Balaban J connectivity index is 2.17. The Morgan fingerprint density at radius 1 is 1.04 bits per heavy atom. The van der Waals surface area contributed by atoms with Crippen LogP contribution in [0.2, 0.25) is 0 Å². The number of anilines is 1. The van der Waals surface area contributed by atoms with Crippen LogP contribution in [0.5, 0.6) is 0 Å². The Labute approximate surface area is 146 Å². The minimum atomic E-state index is -1.44. The molecule has 24 heavy (non-hydrogen) atoms. The lowest BCUT2D eigenvalue weighted by Gasteiger charge is -2.22. The van der Waals surface area contributed by atoms with E-state index < -0.39 is 22.4 Å². The SMILES string of the molecule is O=[N+]([O-])c1ccc(S(=O)c2ccc(N(CC[18F])CCCl)cc2)cc1. The van der Waals surface area contributed by atoms with Gasteiger partial charge in [-0.2, -0.15) is 0 Å². The van der Waals surface area contributed by atoms with E-state index in [4.69, 9.17) is 11.6 Å². The van der Waals surface area contributed by atoms with E-state index in [0.717, 1.165) is 5.69 Å². The molecule has 8 heteroatoms. The lowest BCUT2D eigenvalue weighted by Crippen LogP contribution is -2.27. The van der Waals surface area contributed by atoms with E-state index >= 15 is 0 Å². The van der Waals surface area contributed by atoms with Gasteiger partial charge in [-0.05, 0) is 36.4 Å². The topological polar surface area (TPSA) is 63.5 Å². The lowest BCUT2D eigenvalue weighted by molar-refractivity contribution is -0.384. The number of alkyl halides is 2. The average molecular weight is 370 g/mol. The van der Waals surface area contributed by atoms with Gasteiger partial charge in [0.1, 0.15) is 6.67 Å². The molecule has 2 aromatic carbocycles. The van der Waals surface area contributed by atoms with Crippen molar-refractivity contribution in [3.63, 3.8) is 0 Å². The third-order valence-electron chi connectivity index (χ3n) is 3.39. The highest BCUT2D eigenvalue weighted by Crippen LogP contribution is 2.22. The molecule has 0 spiro atoms. The molecule has 0 radical (unpaired) electrons. The van der Waals surface area contributed by atoms with Crippen molar-refractivity contribution >= 4 is 33.8 Å². The molecule has 2 rings (SSSR count). The summed E-state index contributed by atoms with van der Waals surface area (Å²) in [6, 6.07) is 12.5. The molecular weight excluding hydrogens is 354 g/mol. The van der Waals surface area contributed by atoms with E-state index in [2.05, 4.69) is 0 Å². The second kappa shape index (κ2) is 8.75. The van der Waals surface area contributed by atoms with Gasteiger partial charge >= 0.3 is 0 Å². The summed E-state index contributed by atoms with van der Waals surface area (Å²) in [5.74, 6) is 0.385. The molecule has 0 aliphatic rings. The van der Waals surface area contributed by atoms with E-state index in [1.54, 1.807) is 24.3 Å². The van der Waals surface area contributed by atoms with Crippen molar-refractivity contribution in [3.8, 4) is 0 Å². The van der Waals surface area contributed by atoms with E-state index in [9.17, 15) is 18.7 Å². The highest BCUT2D eigenvalue weighted by atomic mass is 35.5. The Bertz CT molecular complexity index is 704. The van der Waals surface area contributed by atoms with Gasteiger partial charge in [0.25, 0.3) is 5.69 Å². The first-order chi connectivity index (χ1) is 11.6. The van der Waals surface area contributed by atoms with Gasteiger partial charge < -0.3 is 4.90 Å². The molecule has 0 bridgehead atoms. The zero-order valence-electron chi connectivity index (χ0n) is 12.7. The molecule has 0 N–H and O–H groups in total. The first kappa shape index (κ1) is 18.4. The fraction of sp³-hybridized carbons (Fsp3) is 0.250. The fourth-order valence-electron chi connectivity index (χ4n) is 2.18. The average Bonchev–Trinajstić information content (AvgIpc) is 2.61. The Hall–Kier alpha value is -1.99. The summed E-state index contributed by atoms with van der Waals surface area (Å²) >= 11 is 5.72. The second-order valence-electron chi connectivity index (χ2n) is 4.88. The lowest BCUT2D eigenvalue weighted by atomic mass is 10.3. The Kier molecular flexibility index (Phi) is 6.69. The van der Waals surface area contributed by atoms with Crippen molar-refractivity contribution in [2.75, 3.05) is 30.5 Å². The van der Waals surface area contributed by atoms with Crippen LogP contribution in [-0.2, 0) is 10.8 Å². The molecule has 0 saturated carbocycles. The van der Waals surface area contributed by atoms with Gasteiger partial charge in [0.05, 0.1) is 15.7 Å². The minimum absolute atomic E-state index is 0.0472. The van der Waals surface area contributed by atoms with Gasteiger partial charge in [-0.15, -0.1) is 11.6 Å². The van der Waals surface area contributed by atoms with E-state index in [1.165, 1.54) is 24.3 Å². The van der Waals surface area contributed by atoms with Crippen molar-refractivity contribution in [2.24, 2.45) is 0 Å². The van der Waals surface area contributed by atoms with Crippen molar-refractivity contribution in [1.82, 2.24) is 0 Å². The number of halogens is 2. The molecule has 0 amide bonds. The van der Waals surface area contributed by atoms with Crippen molar-refractivity contribution < 1.29 is 13.5 Å². The maximum Gasteiger partial charge on any atom is 0.269 e. The quantitative estimate of drug-likeness (QED) is 0.403. The van der Waals surface area contributed by atoms with Gasteiger partial charge in [0.2, 0.25) is 0 Å². The van der Waals surface area contributed by atoms with Crippen molar-refractivity contribution in [3.05, 3.63) is 58.6 Å². The largest absolute Gasteiger partial charge is 0.368 e. The molecule has 5 nitrogen and oxygen atoms in total. The fourth-order valence-corrected chi connectivity index (χ4v) is 3.42. The number of hydrogen-bond acceptors (Lipinski definition) is 4. The van der Waals surface area contributed by atoms with Gasteiger partial charge in [0.15, 0.2) is 0 Å². The van der Waals surface area contributed by atoms with Crippen LogP contribution in [0.1, 0.15) is 0 Å². The van der Waals surface area contributed by atoms with Crippen LogP contribution in [0, 0.1) is 10.1 Å². The zero-order chi connectivity index (χ0) is 17.5. The molecule has 0 fully saturated rings. The predicted octanol–water partition coefficient (Wildman–Crippen LogP) is 3.78. The predicted molar refractivity (Wildman–Crippen MR) is 93.1 cm³/mol. The normalized spacial score (nSPS) is 11.9. The smallest absolute Gasteiger partial charge is 0.269 e. The van der Waals surface area contributed by atoms with E-state index in [1.807, 2.05) is 4.90 Å². The van der Waals surface area contributed by atoms with Gasteiger partial charge in [-0.3, -0.25) is 10.1 Å². The summed E-state index contributed by atoms with van der Waals surface area (Å²) in [7, 11) is -1.44. The molecule has 0 aliphatic heterocycles. The van der Waals surface area contributed by atoms with E-state index in [0.29, 0.717) is 22.2 Å². The van der Waals surface area contributed by atoms with Crippen LogP contribution in [0.25, 0.3) is 0 Å². The number of nitro benzene ring substituents is 1. The van der Waals surface area contributed by atoms with Gasteiger partial charge in [-0.1, -0.05) is 0 Å². The summed E-state index contributed by atoms with van der Waals surface area (Å²) in [5, 5.41) is 10.6. The monoisotopic (exact) mass is 369 g/mol. The van der Waals surface area contributed by atoms with Crippen LogP contribution >= 0.6 is 11.6 Å². The highest BCUT2D eigenvalue weighted by molar-refractivity contribution is 7.85. The maximum absolute atomic E-state index is 12.6. The zero-order valence-corrected chi connectivity index (χ0v) is 14.3. The molecule has 1 unspecified atom stereocenters.